The summed E-state index contributed by atoms with van der Waals surface area (Å²) in [6.45, 7) is 0. The molecule has 2 N–H and O–H groups in total. The third-order valence-corrected chi connectivity index (χ3v) is 1.68. The maximum absolute atomic E-state index is 11.4. The minimum absolute atomic E-state index is 0.281. The molecule has 13 heavy (non-hydrogen) atoms. The average molecular weight is 183 g/mol. The Balaban J connectivity index is 2.55. The van der Waals surface area contributed by atoms with Crippen molar-refractivity contribution in [1.29, 1.82) is 0 Å². The Morgan fingerprint density at radius 2 is 2.08 bits per heavy atom. The van der Waals surface area contributed by atoms with Crippen LogP contribution in [-0.4, -0.2) is 12.0 Å². The lowest BCUT2D eigenvalue weighted by molar-refractivity contribution is -0.185. The second kappa shape index (κ2) is 4.57. The maximum Gasteiger partial charge on any atom is 0.365 e. The number of hydrogen-bond donors (Lipinski definition) is 1. The zero-order chi connectivity index (χ0) is 9.68. The zero-order valence-corrected chi connectivity index (χ0v) is 6.94. The summed E-state index contributed by atoms with van der Waals surface area (Å²) in [7, 11) is 0. The largest absolute Gasteiger partial charge is 0.365 e. The van der Waals surface area contributed by atoms with E-state index in [0.717, 1.165) is 5.56 Å². The summed E-state index contributed by atoms with van der Waals surface area (Å²) >= 11 is 0. The Hall–Kier alpha value is -1.42. The van der Waals surface area contributed by atoms with Gasteiger partial charge in [-0.2, -0.15) is 0 Å². The van der Waals surface area contributed by atoms with Gasteiger partial charge >= 0.3 is 5.97 Å². The van der Waals surface area contributed by atoms with Crippen molar-refractivity contribution < 1.29 is 14.3 Å². The molecular formula is C9H10FNO2. The van der Waals surface area contributed by atoms with E-state index >= 15 is 0 Å². The molecule has 4 heteroatoms. The smallest absolute Gasteiger partial charge is 0.318 e. The fourth-order valence-electron chi connectivity index (χ4n) is 1.01. The molecule has 1 aromatic rings. The van der Waals surface area contributed by atoms with E-state index in [2.05, 4.69) is 4.94 Å². The summed E-state index contributed by atoms with van der Waals surface area (Å²) < 4.78 is 11.4. The highest BCUT2D eigenvalue weighted by Crippen LogP contribution is 2.02. The van der Waals surface area contributed by atoms with Crippen LogP contribution >= 0.6 is 0 Å². The Bertz CT molecular complexity index is 276. The van der Waals surface area contributed by atoms with Crippen LogP contribution in [0.25, 0.3) is 0 Å². The summed E-state index contributed by atoms with van der Waals surface area (Å²) in [5.41, 5.74) is 6.22. The van der Waals surface area contributed by atoms with E-state index < -0.39 is 12.0 Å². The summed E-state index contributed by atoms with van der Waals surface area (Å²) in [5, 5.41) is 0. The Morgan fingerprint density at radius 1 is 1.46 bits per heavy atom. The minimum Gasteiger partial charge on any atom is -0.318 e. The van der Waals surface area contributed by atoms with Gasteiger partial charge in [-0.3, -0.25) is 4.94 Å². The molecule has 0 saturated heterocycles. The number of nitrogens with two attached hydrogens (primary N) is 1. The van der Waals surface area contributed by atoms with E-state index in [0.29, 0.717) is 0 Å². The van der Waals surface area contributed by atoms with Crippen LogP contribution in [0.5, 0.6) is 0 Å². The number of rotatable bonds is 3. The van der Waals surface area contributed by atoms with Crippen LogP contribution in [0, 0.1) is 0 Å². The average Bonchev–Trinajstić information content (AvgIpc) is 2.18. The van der Waals surface area contributed by atoms with Gasteiger partial charge in [-0.05, 0) is 12.0 Å². The summed E-state index contributed by atoms with van der Waals surface area (Å²) in [6, 6.07) is 8.18. The lowest BCUT2D eigenvalue weighted by Crippen LogP contribution is -2.32. The van der Waals surface area contributed by atoms with Crippen molar-refractivity contribution in [3.8, 4) is 0 Å². The van der Waals surface area contributed by atoms with E-state index in [4.69, 9.17) is 5.73 Å². The fraction of sp³-hybridized carbons (Fsp3) is 0.222. The number of carbonyl (C=O) groups excluding carboxylic acids is 1. The molecular weight excluding hydrogens is 173 g/mol. The van der Waals surface area contributed by atoms with Crippen molar-refractivity contribution in [2.75, 3.05) is 0 Å². The van der Waals surface area contributed by atoms with Crippen LogP contribution in [0.4, 0.5) is 4.53 Å². The normalized spacial score (nSPS) is 12.2. The van der Waals surface area contributed by atoms with Crippen molar-refractivity contribution in [3.05, 3.63) is 35.9 Å². The number of halogens is 1. The quantitative estimate of drug-likeness (QED) is 0.760. The predicted octanol–water partition coefficient (Wildman–Crippen LogP) is 0.984. The first-order chi connectivity index (χ1) is 6.24. The predicted molar refractivity (Wildman–Crippen MR) is 45.3 cm³/mol. The van der Waals surface area contributed by atoms with E-state index in [1.807, 2.05) is 30.3 Å². The van der Waals surface area contributed by atoms with E-state index in [1.165, 1.54) is 0 Å². The molecule has 0 aliphatic heterocycles. The van der Waals surface area contributed by atoms with Crippen molar-refractivity contribution in [2.24, 2.45) is 5.73 Å². The van der Waals surface area contributed by atoms with Crippen molar-refractivity contribution >= 4 is 5.97 Å². The van der Waals surface area contributed by atoms with E-state index in [-0.39, 0.29) is 6.42 Å². The molecule has 0 radical (unpaired) electrons. The molecule has 1 atom stereocenters. The summed E-state index contributed by atoms with van der Waals surface area (Å²) in [5.74, 6) is -1.04. The van der Waals surface area contributed by atoms with Gasteiger partial charge in [0, 0.05) is 4.53 Å². The van der Waals surface area contributed by atoms with Crippen LogP contribution in [-0.2, 0) is 16.2 Å². The van der Waals surface area contributed by atoms with E-state index in [9.17, 15) is 9.32 Å². The lowest BCUT2D eigenvalue weighted by Gasteiger charge is -2.05. The molecule has 0 aromatic heterocycles. The molecule has 0 saturated carbocycles. The van der Waals surface area contributed by atoms with Gasteiger partial charge in [0.1, 0.15) is 6.04 Å². The third kappa shape index (κ3) is 2.83. The first-order valence-electron chi connectivity index (χ1n) is 3.86. The second-order valence-electron chi connectivity index (χ2n) is 2.69. The van der Waals surface area contributed by atoms with Crippen LogP contribution in [0.1, 0.15) is 5.56 Å². The van der Waals surface area contributed by atoms with Crippen LogP contribution in [0.2, 0.25) is 0 Å². The van der Waals surface area contributed by atoms with Crippen molar-refractivity contribution in [2.45, 2.75) is 12.5 Å². The topological polar surface area (TPSA) is 52.3 Å². The summed E-state index contributed by atoms with van der Waals surface area (Å²) in [4.78, 5) is 13.6. The van der Waals surface area contributed by atoms with Crippen LogP contribution in [0.3, 0.4) is 0 Å². The highest BCUT2D eigenvalue weighted by molar-refractivity contribution is 5.75. The van der Waals surface area contributed by atoms with Gasteiger partial charge in [0.05, 0.1) is 0 Å². The molecule has 3 nitrogen and oxygen atoms in total. The molecule has 1 rings (SSSR count). The molecule has 0 amide bonds. The second-order valence-corrected chi connectivity index (χ2v) is 2.69. The standard InChI is InChI=1S/C9H10FNO2/c10-13-9(12)8(11)6-7-4-2-1-3-5-7/h1-5,8H,6,11H2/t8-/m0/s1. The highest BCUT2D eigenvalue weighted by Gasteiger charge is 2.15. The molecule has 0 spiro atoms. The lowest BCUT2D eigenvalue weighted by atomic mass is 10.1. The van der Waals surface area contributed by atoms with Gasteiger partial charge in [-0.15, -0.1) is 0 Å². The molecule has 70 valence electrons. The first kappa shape index (κ1) is 9.67. The van der Waals surface area contributed by atoms with Crippen molar-refractivity contribution in [3.63, 3.8) is 0 Å². The van der Waals surface area contributed by atoms with Gasteiger partial charge in [-0.1, -0.05) is 30.3 Å². The summed E-state index contributed by atoms with van der Waals surface area (Å²) in [6.07, 6.45) is 0.281. The van der Waals surface area contributed by atoms with Crippen LogP contribution in [0.15, 0.2) is 30.3 Å². The van der Waals surface area contributed by atoms with Crippen molar-refractivity contribution in [1.82, 2.24) is 0 Å². The number of hydrogen-bond acceptors (Lipinski definition) is 3. The Morgan fingerprint density at radius 3 is 2.62 bits per heavy atom. The monoisotopic (exact) mass is 183 g/mol. The Kier molecular flexibility index (Phi) is 3.40. The van der Waals surface area contributed by atoms with E-state index in [1.54, 1.807) is 0 Å². The van der Waals surface area contributed by atoms with Gasteiger partial charge in [0.2, 0.25) is 0 Å². The minimum atomic E-state index is -1.04. The molecule has 0 fully saturated rings. The van der Waals surface area contributed by atoms with Crippen LogP contribution < -0.4 is 5.73 Å². The van der Waals surface area contributed by atoms with Gasteiger partial charge in [0.25, 0.3) is 0 Å². The number of benzene rings is 1. The molecule has 0 aliphatic rings. The molecule has 0 bridgehead atoms. The first-order valence-corrected chi connectivity index (χ1v) is 3.86. The van der Waals surface area contributed by atoms with Gasteiger partial charge in [0.15, 0.2) is 0 Å². The molecule has 0 aliphatic carbocycles. The van der Waals surface area contributed by atoms with Gasteiger partial charge in [-0.25, -0.2) is 4.79 Å². The fourth-order valence-corrected chi connectivity index (χ4v) is 1.01. The maximum atomic E-state index is 11.4. The molecule has 1 aromatic carbocycles. The number of carbonyl (C=O) groups is 1. The molecule has 0 unspecified atom stereocenters. The Labute approximate surface area is 75.2 Å². The third-order valence-electron chi connectivity index (χ3n) is 1.68. The SMILES string of the molecule is N[C@@H](Cc1ccccc1)C(=O)OF. The highest BCUT2D eigenvalue weighted by atomic mass is 19.3. The molecule has 0 heterocycles. The van der Waals surface area contributed by atoms with Gasteiger partial charge < -0.3 is 5.73 Å². The zero-order valence-electron chi connectivity index (χ0n) is 6.94.